The average Bonchev–Trinajstić information content (AvgIpc) is 2.47. The molecule has 0 bridgehead atoms. The molecule has 1 aromatic carbocycles. The van der Waals surface area contributed by atoms with Crippen LogP contribution in [-0.2, 0) is 0 Å². The SMILES string of the molecule is CCC(N)c1ccc(Oc2cccc(C#N)c2)cn1. The smallest absolute Gasteiger partial charge is 0.145 e. The monoisotopic (exact) mass is 253 g/mol. The molecule has 96 valence electrons. The van der Waals surface area contributed by atoms with Crippen LogP contribution in [0.3, 0.4) is 0 Å². The van der Waals surface area contributed by atoms with Crippen molar-refractivity contribution < 1.29 is 4.74 Å². The Balaban J connectivity index is 2.13. The molecule has 4 nitrogen and oxygen atoms in total. The van der Waals surface area contributed by atoms with Gasteiger partial charge >= 0.3 is 0 Å². The summed E-state index contributed by atoms with van der Waals surface area (Å²) in [5.74, 6) is 1.25. The number of nitrogens with zero attached hydrogens (tertiary/aromatic N) is 2. The van der Waals surface area contributed by atoms with E-state index in [9.17, 15) is 0 Å². The van der Waals surface area contributed by atoms with Crippen LogP contribution in [0.25, 0.3) is 0 Å². The van der Waals surface area contributed by atoms with E-state index in [-0.39, 0.29) is 6.04 Å². The van der Waals surface area contributed by atoms with E-state index >= 15 is 0 Å². The van der Waals surface area contributed by atoms with Gasteiger partial charge < -0.3 is 10.5 Å². The lowest BCUT2D eigenvalue weighted by molar-refractivity contribution is 0.479. The molecule has 1 atom stereocenters. The molecule has 1 heterocycles. The van der Waals surface area contributed by atoms with E-state index in [1.807, 2.05) is 19.1 Å². The van der Waals surface area contributed by atoms with Gasteiger partial charge in [-0.3, -0.25) is 4.98 Å². The number of nitriles is 1. The van der Waals surface area contributed by atoms with Gasteiger partial charge in [-0.15, -0.1) is 0 Å². The third-order valence-corrected chi connectivity index (χ3v) is 2.78. The second kappa shape index (κ2) is 5.98. The van der Waals surface area contributed by atoms with Crippen LogP contribution in [0.1, 0.15) is 30.6 Å². The third kappa shape index (κ3) is 3.30. The first-order valence-electron chi connectivity index (χ1n) is 6.12. The fourth-order valence-electron chi connectivity index (χ4n) is 1.65. The molecule has 0 saturated heterocycles. The molecule has 1 aromatic heterocycles. The summed E-state index contributed by atoms with van der Waals surface area (Å²) in [7, 11) is 0. The van der Waals surface area contributed by atoms with Gasteiger partial charge in [-0.1, -0.05) is 13.0 Å². The molecule has 0 aliphatic heterocycles. The first kappa shape index (κ1) is 13.1. The van der Waals surface area contributed by atoms with Crippen molar-refractivity contribution in [3.63, 3.8) is 0 Å². The fourth-order valence-corrected chi connectivity index (χ4v) is 1.65. The van der Waals surface area contributed by atoms with Crippen molar-refractivity contribution in [2.75, 3.05) is 0 Å². The molecule has 0 spiro atoms. The second-order valence-corrected chi connectivity index (χ2v) is 4.18. The molecule has 19 heavy (non-hydrogen) atoms. The van der Waals surface area contributed by atoms with Gasteiger partial charge in [-0.25, -0.2) is 0 Å². The van der Waals surface area contributed by atoms with E-state index in [0.717, 1.165) is 12.1 Å². The standard InChI is InChI=1S/C15H15N3O/c1-2-14(17)15-7-6-13(10-18-15)19-12-5-3-4-11(8-12)9-16/h3-8,10,14H,2,17H2,1H3. The van der Waals surface area contributed by atoms with Crippen LogP contribution in [0, 0.1) is 11.3 Å². The molecule has 0 aliphatic carbocycles. The highest BCUT2D eigenvalue weighted by Crippen LogP contribution is 2.22. The maximum absolute atomic E-state index is 8.82. The predicted octanol–water partition coefficient (Wildman–Crippen LogP) is 3.16. The van der Waals surface area contributed by atoms with Gasteiger partial charge in [0.15, 0.2) is 0 Å². The highest BCUT2D eigenvalue weighted by atomic mass is 16.5. The molecule has 0 saturated carbocycles. The number of ether oxygens (including phenoxy) is 1. The Morgan fingerprint density at radius 2 is 2.16 bits per heavy atom. The van der Waals surface area contributed by atoms with Gasteiger partial charge in [-0.2, -0.15) is 5.26 Å². The number of rotatable bonds is 4. The van der Waals surface area contributed by atoms with Crippen molar-refractivity contribution in [1.82, 2.24) is 4.98 Å². The minimum absolute atomic E-state index is 0.0454. The van der Waals surface area contributed by atoms with Gasteiger partial charge in [0.1, 0.15) is 11.5 Å². The molecule has 2 N–H and O–H groups in total. The van der Waals surface area contributed by atoms with Gasteiger partial charge in [0, 0.05) is 6.04 Å². The maximum atomic E-state index is 8.82. The van der Waals surface area contributed by atoms with Crippen LogP contribution in [0.5, 0.6) is 11.5 Å². The van der Waals surface area contributed by atoms with Crippen LogP contribution in [-0.4, -0.2) is 4.98 Å². The largest absolute Gasteiger partial charge is 0.456 e. The number of benzene rings is 1. The Bertz CT molecular complexity index is 587. The first-order chi connectivity index (χ1) is 9.22. The Kier molecular flexibility index (Phi) is 4.11. The Morgan fingerprint density at radius 3 is 2.79 bits per heavy atom. The van der Waals surface area contributed by atoms with Crippen LogP contribution in [0.2, 0.25) is 0 Å². The zero-order valence-corrected chi connectivity index (χ0v) is 10.7. The zero-order valence-electron chi connectivity index (χ0n) is 10.7. The highest BCUT2D eigenvalue weighted by molar-refractivity contribution is 5.38. The highest BCUT2D eigenvalue weighted by Gasteiger charge is 2.05. The second-order valence-electron chi connectivity index (χ2n) is 4.18. The lowest BCUT2D eigenvalue weighted by atomic mass is 10.1. The Morgan fingerprint density at radius 1 is 1.32 bits per heavy atom. The summed E-state index contributed by atoms with van der Waals surface area (Å²) in [6, 6.07) is 12.7. The number of hydrogen-bond donors (Lipinski definition) is 1. The van der Waals surface area contributed by atoms with Crippen LogP contribution in [0.4, 0.5) is 0 Å². The molecule has 0 amide bonds. The summed E-state index contributed by atoms with van der Waals surface area (Å²) in [6.07, 6.45) is 2.49. The van der Waals surface area contributed by atoms with Crippen molar-refractivity contribution in [2.45, 2.75) is 19.4 Å². The fraction of sp³-hybridized carbons (Fsp3) is 0.200. The number of nitrogens with two attached hydrogens (primary N) is 1. The van der Waals surface area contributed by atoms with Crippen LogP contribution < -0.4 is 10.5 Å². The number of aromatic nitrogens is 1. The minimum atomic E-state index is -0.0454. The molecule has 1 unspecified atom stereocenters. The van der Waals surface area contributed by atoms with Crippen molar-refractivity contribution in [1.29, 1.82) is 5.26 Å². The number of pyridine rings is 1. The van der Waals surface area contributed by atoms with Crippen LogP contribution >= 0.6 is 0 Å². The molecular formula is C15H15N3O. The van der Waals surface area contributed by atoms with Crippen molar-refractivity contribution in [3.05, 3.63) is 53.9 Å². The quantitative estimate of drug-likeness (QED) is 0.908. The van der Waals surface area contributed by atoms with Crippen molar-refractivity contribution in [2.24, 2.45) is 5.73 Å². The van der Waals surface area contributed by atoms with E-state index in [2.05, 4.69) is 11.1 Å². The Labute approximate surface area is 112 Å². The van der Waals surface area contributed by atoms with E-state index in [0.29, 0.717) is 17.1 Å². The predicted molar refractivity (Wildman–Crippen MR) is 72.7 cm³/mol. The molecular weight excluding hydrogens is 238 g/mol. The van der Waals surface area contributed by atoms with Crippen LogP contribution in [0.15, 0.2) is 42.6 Å². The lowest BCUT2D eigenvalue weighted by Crippen LogP contribution is -2.10. The van der Waals surface area contributed by atoms with E-state index in [1.54, 1.807) is 30.5 Å². The summed E-state index contributed by atoms with van der Waals surface area (Å²) in [6.45, 7) is 2.02. The molecule has 0 fully saturated rings. The minimum Gasteiger partial charge on any atom is -0.456 e. The molecule has 4 heteroatoms. The van der Waals surface area contributed by atoms with Gasteiger partial charge in [0.2, 0.25) is 0 Å². The van der Waals surface area contributed by atoms with Crippen molar-refractivity contribution in [3.8, 4) is 17.6 Å². The third-order valence-electron chi connectivity index (χ3n) is 2.78. The van der Waals surface area contributed by atoms with Crippen molar-refractivity contribution >= 4 is 0 Å². The van der Waals surface area contributed by atoms with E-state index < -0.39 is 0 Å². The topological polar surface area (TPSA) is 71.9 Å². The van der Waals surface area contributed by atoms with Gasteiger partial charge in [0.05, 0.1) is 23.5 Å². The zero-order chi connectivity index (χ0) is 13.7. The normalized spacial score (nSPS) is 11.6. The summed E-state index contributed by atoms with van der Waals surface area (Å²) >= 11 is 0. The Hall–Kier alpha value is -2.38. The molecule has 2 rings (SSSR count). The lowest BCUT2D eigenvalue weighted by Gasteiger charge is -2.09. The first-order valence-corrected chi connectivity index (χ1v) is 6.12. The molecule has 0 aliphatic rings. The summed E-state index contributed by atoms with van der Waals surface area (Å²) in [4.78, 5) is 4.27. The molecule has 0 radical (unpaired) electrons. The van der Waals surface area contributed by atoms with Gasteiger partial charge in [-0.05, 0) is 36.8 Å². The van der Waals surface area contributed by atoms with Gasteiger partial charge in [0.25, 0.3) is 0 Å². The summed E-state index contributed by atoms with van der Waals surface area (Å²) < 4.78 is 5.63. The van der Waals surface area contributed by atoms with E-state index in [4.69, 9.17) is 15.7 Å². The summed E-state index contributed by atoms with van der Waals surface area (Å²) in [5, 5.41) is 8.82. The molecule has 2 aromatic rings. The summed E-state index contributed by atoms with van der Waals surface area (Å²) in [5.41, 5.74) is 7.31. The number of hydrogen-bond acceptors (Lipinski definition) is 4. The van der Waals surface area contributed by atoms with E-state index in [1.165, 1.54) is 0 Å². The maximum Gasteiger partial charge on any atom is 0.145 e. The average molecular weight is 253 g/mol.